The first-order valence-electron chi connectivity index (χ1n) is 8.17. The average Bonchev–Trinajstić information content (AvgIpc) is 2.39. The highest BCUT2D eigenvalue weighted by Crippen LogP contribution is 2.58. The van der Waals surface area contributed by atoms with Crippen LogP contribution < -0.4 is 0 Å². The first-order valence-corrected chi connectivity index (χ1v) is 9.60. The third-order valence-corrected chi connectivity index (χ3v) is 7.51. The van der Waals surface area contributed by atoms with E-state index in [-0.39, 0.29) is 6.29 Å². The maximum Gasteiger partial charge on any atom is 0.161 e. The fourth-order valence-electron chi connectivity index (χ4n) is 2.69. The monoisotopic (exact) mass is 303 g/mol. The van der Waals surface area contributed by atoms with Crippen LogP contribution in [0, 0.1) is 17.8 Å². The molecule has 0 N–H and O–H groups in total. The van der Waals surface area contributed by atoms with Crippen molar-refractivity contribution in [1.82, 2.24) is 4.67 Å². The quantitative estimate of drug-likeness (QED) is 0.663. The van der Waals surface area contributed by atoms with E-state index in [1.807, 2.05) is 0 Å². The maximum absolute atomic E-state index is 6.35. The maximum atomic E-state index is 6.35. The van der Waals surface area contributed by atoms with Gasteiger partial charge in [0.05, 0.1) is 11.7 Å². The molecule has 2 atom stereocenters. The van der Waals surface area contributed by atoms with Gasteiger partial charge in [-0.15, -0.1) is 0 Å². The van der Waals surface area contributed by atoms with Crippen molar-refractivity contribution in [1.29, 1.82) is 0 Å². The summed E-state index contributed by atoms with van der Waals surface area (Å²) in [6.45, 7) is 20.1. The molecular formula is C16H34NO2P. The Labute approximate surface area is 127 Å². The summed E-state index contributed by atoms with van der Waals surface area (Å²) < 4.78 is 15.3. The van der Waals surface area contributed by atoms with Crippen molar-refractivity contribution in [2.75, 3.05) is 13.1 Å². The first kappa shape index (κ1) is 18.4. The molecule has 120 valence electrons. The third-order valence-electron chi connectivity index (χ3n) is 3.81. The Hall–Kier alpha value is 0.310. The zero-order valence-corrected chi connectivity index (χ0v) is 15.5. The Bertz CT molecular complexity index is 262. The van der Waals surface area contributed by atoms with Gasteiger partial charge in [-0.05, 0) is 24.9 Å². The molecule has 1 fully saturated rings. The topological polar surface area (TPSA) is 21.7 Å². The van der Waals surface area contributed by atoms with Crippen LogP contribution in [0.3, 0.4) is 0 Å². The van der Waals surface area contributed by atoms with Crippen LogP contribution in [0.15, 0.2) is 0 Å². The molecule has 1 saturated heterocycles. The predicted molar refractivity (Wildman–Crippen MR) is 87.9 cm³/mol. The van der Waals surface area contributed by atoms with E-state index >= 15 is 0 Å². The summed E-state index contributed by atoms with van der Waals surface area (Å²) >= 11 is 0. The molecule has 0 aliphatic carbocycles. The molecule has 0 saturated carbocycles. The minimum absolute atomic E-state index is 0.0517. The van der Waals surface area contributed by atoms with E-state index in [9.17, 15) is 0 Å². The van der Waals surface area contributed by atoms with Crippen LogP contribution >= 0.6 is 8.07 Å². The fraction of sp³-hybridized carbons (Fsp3) is 1.00. The minimum Gasteiger partial charge on any atom is -0.343 e. The zero-order valence-electron chi connectivity index (χ0n) is 14.6. The average molecular weight is 303 g/mol. The van der Waals surface area contributed by atoms with Crippen LogP contribution in [0.25, 0.3) is 0 Å². The molecule has 1 heterocycles. The number of rotatable bonds is 6. The molecule has 0 bridgehead atoms. The van der Waals surface area contributed by atoms with E-state index in [1.165, 1.54) is 0 Å². The Morgan fingerprint density at radius 3 is 1.45 bits per heavy atom. The summed E-state index contributed by atoms with van der Waals surface area (Å²) in [6.07, 6.45) is -0.0517. The second-order valence-corrected chi connectivity index (χ2v) is 9.02. The normalized spacial score (nSPS) is 31.8. The van der Waals surface area contributed by atoms with Crippen molar-refractivity contribution in [3.63, 3.8) is 0 Å². The van der Waals surface area contributed by atoms with Gasteiger partial charge in [-0.1, -0.05) is 55.4 Å². The molecular weight excluding hydrogens is 269 g/mol. The molecule has 4 heteroatoms. The van der Waals surface area contributed by atoms with Gasteiger partial charge in [0.15, 0.2) is 6.29 Å². The molecule has 1 rings (SSSR count). The van der Waals surface area contributed by atoms with Crippen LogP contribution in [0.2, 0.25) is 0 Å². The van der Waals surface area contributed by atoms with E-state index in [0.717, 1.165) is 13.1 Å². The third kappa shape index (κ3) is 4.16. The smallest absolute Gasteiger partial charge is 0.161 e. The number of ether oxygens (including phenoxy) is 2. The second kappa shape index (κ2) is 8.08. The van der Waals surface area contributed by atoms with Gasteiger partial charge in [-0.2, -0.15) is 0 Å². The van der Waals surface area contributed by atoms with Crippen molar-refractivity contribution in [3.05, 3.63) is 0 Å². The van der Waals surface area contributed by atoms with Gasteiger partial charge in [-0.3, -0.25) is 4.67 Å². The summed E-state index contributed by atoms with van der Waals surface area (Å²) in [6, 6.07) is 0. The first-order chi connectivity index (χ1) is 9.33. The highest BCUT2D eigenvalue weighted by molar-refractivity contribution is 7.56. The largest absolute Gasteiger partial charge is 0.343 e. The molecule has 0 aromatic carbocycles. The molecule has 0 radical (unpaired) electrons. The van der Waals surface area contributed by atoms with Crippen LogP contribution in [0.1, 0.15) is 55.4 Å². The SMILES string of the molecule is CCN(CC)P1C(C(C)C)OC(C(C)C)OC1C(C)C. The number of hydrogen-bond acceptors (Lipinski definition) is 3. The van der Waals surface area contributed by atoms with Crippen LogP contribution in [-0.2, 0) is 9.47 Å². The molecule has 0 aromatic rings. The molecule has 0 aromatic heterocycles. The summed E-state index contributed by atoms with van der Waals surface area (Å²) in [5.41, 5.74) is 0. The molecule has 1 aliphatic heterocycles. The van der Waals surface area contributed by atoms with Gasteiger partial charge < -0.3 is 9.47 Å². The minimum atomic E-state index is -0.404. The van der Waals surface area contributed by atoms with Gasteiger partial charge in [0.1, 0.15) is 0 Å². The molecule has 20 heavy (non-hydrogen) atoms. The molecule has 0 spiro atoms. The van der Waals surface area contributed by atoms with Crippen molar-refractivity contribution < 1.29 is 9.47 Å². The van der Waals surface area contributed by atoms with Crippen LogP contribution in [0.5, 0.6) is 0 Å². The molecule has 3 nitrogen and oxygen atoms in total. The lowest BCUT2D eigenvalue weighted by Crippen LogP contribution is -2.46. The number of hydrogen-bond donors (Lipinski definition) is 0. The highest BCUT2D eigenvalue weighted by Gasteiger charge is 2.45. The number of nitrogens with zero attached hydrogens (tertiary/aromatic N) is 1. The van der Waals surface area contributed by atoms with Crippen LogP contribution in [0.4, 0.5) is 0 Å². The van der Waals surface area contributed by atoms with Crippen molar-refractivity contribution in [2.45, 2.75) is 73.4 Å². The Balaban J connectivity index is 3.05. The molecule has 0 amide bonds. The lowest BCUT2D eigenvalue weighted by Gasteiger charge is -2.50. The van der Waals surface area contributed by atoms with E-state index in [4.69, 9.17) is 9.47 Å². The van der Waals surface area contributed by atoms with Crippen LogP contribution in [-0.4, -0.2) is 35.7 Å². The van der Waals surface area contributed by atoms with Gasteiger partial charge in [0, 0.05) is 14.0 Å². The highest BCUT2D eigenvalue weighted by atomic mass is 31.1. The molecule has 1 aliphatic rings. The van der Waals surface area contributed by atoms with E-state index < -0.39 is 8.07 Å². The summed E-state index contributed by atoms with van der Waals surface area (Å²) in [5.74, 6) is 2.12. The fourth-order valence-corrected chi connectivity index (χ4v) is 5.99. The zero-order chi connectivity index (χ0) is 15.4. The van der Waals surface area contributed by atoms with Gasteiger partial charge in [0.2, 0.25) is 0 Å². The lowest BCUT2D eigenvalue weighted by atomic mass is 10.2. The van der Waals surface area contributed by atoms with Crippen molar-refractivity contribution in [2.24, 2.45) is 17.8 Å². The van der Waals surface area contributed by atoms with Gasteiger partial charge >= 0.3 is 0 Å². The second-order valence-electron chi connectivity index (χ2n) is 6.67. The predicted octanol–water partition coefficient (Wildman–Crippen LogP) is 4.72. The Kier molecular flexibility index (Phi) is 7.41. The van der Waals surface area contributed by atoms with E-state index in [1.54, 1.807) is 0 Å². The molecule has 2 unspecified atom stereocenters. The van der Waals surface area contributed by atoms with Gasteiger partial charge in [0.25, 0.3) is 0 Å². The standard InChI is InChI=1S/C16H34NO2P/c1-9-17(10-2)20-15(12(5)6)18-14(11(3)4)19-16(20)13(7)8/h11-16H,9-10H2,1-8H3. The Morgan fingerprint density at radius 1 is 0.800 bits per heavy atom. The summed E-state index contributed by atoms with van der Waals surface area (Å²) in [5, 5.41) is 0. The van der Waals surface area contributed by atoms with E-state index in [2.05, 4.69) is 60.1 Å². The Morgan fingerprint density at radius 2 is 1.20 bits per heavy atom. The van der Waals surface area contributed by atoms with Crippen molar-refractivity contribution in [3.8, 4) is 0 Å². The summed E-state index contributed by atoms with van der Waals surface area (Å²) in [4.78, 5) is 0. The lowest BCUT2D eigenvalue weighted by molar-refractivity contribution is -0.214. The summed E-state index contributed by atoms with van der Waals surface area (Å²) in [7, 11) is -0.404. The van der Waals surface area contributed by atoms with Crippen molar-refractivity contribution >= 4 is 8.07 Å². The van der Waals surface area contributed by atoms with E-state index in [0.29, 0.717) is 29.4 Å². The van der Waals surface area contributed by atoms with Gasteiger partial charge in [-0.25, -0.2) is 0 Å².